The Kier molecular flexibility index (Phi) is 4.17. The number of methoxy groups -OCH3 is 1. The fourth-order valence-electron chi connectivity index (χ4n) is 2.28. The van der Waals surface area contributed by atoms with Crippen molar-refractivity contribution in [2.75, 3.05) is 12.4 Å². The molecule has 126 valence electrons. The molecule has 0 aliphatic rings. The van der Waals surface area contributed by atoms with E-state index in [9.17, 15) is 14.9 Å². The van der Waals surface area contributed by atoms with E-state index in [2.05, 4.69) is 5.32 Å². The first-order chi connectivity index (χ1) is 12.0. The molecule has 3 rings (SSSR count). The van der Waals surface area contributed by atoms with Gasteiger partial charge >= 0.3 is 0 Å². The van der Waals surface area contributed by atoms with Crippen molar-refractivity contribution in [3.8, 4) is 5.75 Å². The van der Waals surface area contributed by atoms with Gasteiger partial charge in [0.25, 0.3) is 11.6 Å². The number of nitrogens with one attached hydrogen (secondary N) is 2. The Morgan fingerprint density at radius 3 is 2.56 bits per heavy atom. The first-order valence-corrected chi connectivity index (χ1v) is 7.20. The van der Waals surface area contributed by atoms with Crippen LogP contribution in [-0.4, -0.2) is 17.9 Å². The standard InChI is InChI=1S/C17H13N3O5/c1-24-13-5-2-11(3-6-13)19-17(21)14-9-10-8-12(20(22)23)4-7-15(10)25-16(14)18/h2-9,18H,1H3,(H,19,21). The molecule has 0 aliphatic carbocycles. The number of carbonyl (C=O) groups is 1. The number of nitrogens with zero attached hydrogens (tertiary/aromatic N) is 1. The Morgan fingerprint density at radius 2 is 1.92 bits per heavy atom. The molecule has 0 spiro atoms. The normalized spacial score (nSPS) is 10.4. The Bertz CT molecular complexity index is 1020. The molecule has 2 aromatic carbocycles. The number of non-ortho nitro benzene ring substituents is 1. The Labute approximate surface area is 141 Å². The second-order valence-corrected chi connectivity index (χ2v) is 5.15. The van der Waals surface area contributed by atoms with Crippen LogP contribution in [-0.2, 0) is 0 Å². The molecule has 2 N–H and O–H groups in total. The number of nitro benzene ring substituents is 1. The molecule has 8 heteroatoms. The molecule has 3 aromatic rings. The van der Waals surface area contributed by atoms with Crippen molar-refractivity contribution >= 4 is 28.3 Å². The number of amides is 1. The maximum atomic E-state index is 12.4. The summed E-state index contributed by atoms with van der Waals surface area (Å²) in [6.07, 6.45) is 0. The first-order valence-electron chi connectivity index (χ1n) is 7.20. The summed E-state index contributed by atoms with van der Waals surface area (Å²) in [7, 11) is 1.54. The number of anilines is 1. The zero-order valence-electron chi connectivity index (χ0n) is 13.1. The van der Waals surface area contributed by atoms with E-state index in [1.807, 2.05) is 0 Å². The molecule has 0 saturated heterocycles. The zero-order valence-corrected chi connectivity index (χ0v) is 13.1. The molecule has 25 heavy (non-hydrogen) atoms. The number of benzene rings is 2. The van der Waals surface area contributed by atoms with Crippen LogP contribution in [0.15, 0.2) is 52.9 Å². The van der Waals surface area contributed by atoms with Crippen molar-refractivity contribution in [2.24, 2.45) is 0 Å². The van der Waals surface area contributed by atoms with Gasteiger partial charge in [0.1, 0.15) is 16.9 Å². The summed E-state index contributed by atoms with van der Waals surface area (Å²) in [5.41, 5.74) is 0.332. The van der Waals surface area contributed by atoms with Gasteiger partial charge in [0.15, 0.2) is 0 Å². The minimum atomic E-state index is -0.549. The van der Waals surface area contributed by atoms with Crippen molar-refractivity contribution in [2.45, 2.75) is 0 Å². The summed E-state index contributed by atoms with van der Waals surface area (Å²) in [5.74, 6) is 0.0968. The molecule has 0 bridgehead atoms. The van der Waals surface area contributed by atoms with Gasteiger partial charge in [-0.25, -0.2) is 0 Å². The van der Waals surface area contributed by atoms with Gasteiger partial charge in [-0.2, -0.15) is 0 Å². The number of carbonyl (C=O) groups excluding carboxylic acids is 1. The minimum absolute atomic E-state index is 0.0242. The summed E-state index contributed by atoms with van der Waals surface area (Å²) < 4.78 is 10.3. The summed E-state index contributed by atoms with van der Waals surface area (Å²) in [5, 5.41) is 21.8. The average Bonchev–Trinajstić information content (AvgIpc) is 2.61. The molecular formula is C17H13N3O5. The summed E-state index contributed by atoms with van der Waals surface area (Å²) in [4.78, 5) is 22.7. The van der Waals surface area contributed by atoms with Gasteiger partial charge in [-0.3, -0.25) is 20.3 Å². The third kappa shape index (κ3) is 3.32. The van der Waals surface area contributed by atoms with E-state index in [0.717, 1.165) is 0 Å². The molecule has 0 radical (unpaired) electrons. The number of hydrogen-bond acceptors (Lipinski definition) is 6. The van der Waals surface area contributed by atoms with Crippen molar-refractivity contribution in [3.63, 3.8) is 0 Å². The van der Waals surface area contributed by atoms with Crippen LogP contribution < -0.4 is 15.6 Å². The highest BCUT2D eigenvalue weighted by Gasteiger charge is 2.14. The summed E-state index contributed by atoms with van der Waals surface area (Å²) >= 11 is 0. The van der Waals surface area contributed by atoms with Gasteiger partial charge in [0, 0.05) is 23.2 Å². The second kappa shape index (κ2) is 6.44. The quantitative estimate of drug-likeness (QED) is 0.559. The third-order valence-corrected chi connectivity index (χ3v) is 3.55. The molecular weight excluding hydrogens is 326 g/mol. The van der Waals surface area contributed by atoms with Crippen LogP contribution >= 0.6 is 0 Å². The predicted molar refractivity (Wildman–Crippen MR) is 89.7 cm³/mol. The predicted octanol–water partition coefficient (Wildman–Crippen LogP) is 3.08. The molecule has 0 aliphatic heterocycles. The second-order valence-electron chi connectivity index (χ2n) is 5.15. The SMILES string of the molecule is COc1ccc(NC(=O)c2cc3cc([N+](=O)[O-])ccc3oc2=N)cc1. The van der Waals surface area contributed by atoms with Gasteiger partial charge in [0.05, 0.1) is 12.0 Å². The van der Waals surface area contributed by atoms with E-state index in [4.69, 9.17) is 14.6 Å². The Hall–Kier alpha value is -3.68. The number of fused-ring (bicyclic) bond motifs is 1. The van der Waals surface area contributed by atoms with Crippen LogP contribution in [0.2, 0.25) is 0 Å². The first kappa shape index (κ1) is 16.2. The summed E-state index contributed by atoms with van der Waals surface area (Å²) in [6, 6.07) is 12.1. The van der Waals surface area contributed by atoms with Crippen molar-refractivity contribution in [1.82, 2.24) is 0 Å². The minimum Gasteiger partial charge on any atom is -0.497 e. The number of ether oxygens (including phenoxy) is 1. The number of hydrogen-bond donors (Lipinski definition) is 2. The van der Waals surface area contributed by atoms with E-state index >= 15 is 0 Å². The molecule has 0 unspecified atom stereocenters. The fraction of sp³-hybridized carbons (Fsp3) is 0.0588. The number of rotatable bonds is 4. The Balaban J connectivity index is 1.95. The van der Waals surface area contributed by atoms with Crippen molar-refractivity contribution in [1.29, 1.82) is 5.41 Å². The van der Waals surface area contributed by atoms with Gasteiger partial charge in [0.2, 0.25) is 5.55 Å². The lowest BCUT2D eigenvalue weighted by Crippen LogP contribution is -2.20. The van der Waals surface area contributed by atoms with Crippen molar-refractivity contribution < 1.29 is 18.9 Å². The topological polar surface area (TPSA) is 118 Å². The monoisotopic (exact) mass is 339 g/mol. The lowest BCUT2D eigenvalue weighted by Gasteiger charge is -2.07. The molecule has 8 nitrogen and oxygen atoms in total. The lowest BCUT2D eigenvalue weighted by molar-refractivity contribution is -0.384. The smallest absolute Gasteiger partial charge is 0.270 e. The van der Waals surface area contributed by atoms with E-state index in [1.165, 1.54) is 31.4 Å². The van der Waals surface area contributed by atoms with Crippen LogP contribution in [0, 0.1) is 15.5 Å². The fourth-order valence-corrected chi connectivity index (χ4v) is 2.28. The number of nitro groups is 1. The van der Waals surface area contributed by atoms with E-state index in [0.29, 0.717) is 16.8 Å². The van der Waals surface area contributed by atoms with Crippen LogP contribution in [0.5, 0.6) is 5.75 Å². The van der Waals surface area contributed by atoms with Gasteiger partial charge in [-0.15, -0.1) is 0 Å². The van der Waals surface area contributed by atoms with Crippen LogP contribution in [0.4, 0.5) is 11.4 Å². The van der Waals surface area contributed by atoms with E-state index in [-0.39, 0.29) is 22.4 Å². The van der Waals surface area contributed by atoms with E-state index in [1.54, 1.807) is 24.3 Å². The maximum absolute atomic E-state index is 12.4. The van der Waals surface area contributed by atoms with Gasteiger partial charge < -0.3 is 14.5 Å². The molecule has 1 amide bonds. The van der Waals surface area contributed by atoms with Gasteiger partial charge in [-0.1, -0.05) is 0 Å². The maximum Gasteiger partial charge on any atom is 0.270 e. The van der Waals surface area contributed by atoms with Crippen LogP contribution in [0.1, 0.15) is 10.4 Å². The van der Waals surface area contributed by atoms with Gasteiger partial charge in [-0.05, 0) is 36.4 Å². The van der Waals surface area contributed by atoms with Crippen LogP contribution in [0.25, 0.3) is 11.0 Å². The molecule has 1 heterocycles. The molecule has 0 atom stereocenters. The average molecular weight is 339 g/mol. The molecule has 1 aromatic heterocycles. The van der Waals surface area contributed by atoms with Crippen molar-refractivity contribution in [3.05, 3.63) is 69.8 Å². The highest BCUT2D eigenvalue weighted by molar-refractivity contribution is 6.05. The summed E-state index contributed by atoms with van der Waals surface area (Å²) in [6.45, 7) is 0. The zero-order chi connectivity index (χ0) is 18.0. The highest BCUT2D eigenvalue weighted by atomic mass is 16.6. The lowest BCUT2D eigenvalue weighted by atomic mass is 10.1. The van der Waals surface area contributed by atoms with E-state index < -0.39 is 10.8 Å². The highest BCUT2D eigenvalue weighted by Crippen LogP contribution is 2.21. The van der Waals surface area contributed by atoms with Crippen LogP contribution in [0.3, 0.4) is 0 Å². The third-order valence-electron chi connectivity index (χ3n) is 3.55. The Morgan fingerprint density at radius 1 is 1.20 bits per heavy atom. The molecule has 0 fully saturated rings. The molecule has 0 saturated carbocycles. The largest absolute Gasteiger partial charge is 0.497 e.